The highest BCUT2D eigenvalue weighted by Crippen LogP contribution is 2.38. The lowest BCUT2D eigenvalue weighted by Gasteiger charge is -2.20. The van der Waals surface area contributed by atoms with E-state index in [0.717, 1.165) is 17.9 Å². The molecule has 0 aliphatic heterocycles. The fraction of sp³-hybridized carbons (Fsp3) is 0.556. The van der Waals surface area contributed by atoms with Crippen LogP contribution in [0.15, 0.2) is 16.5 Å². The molecule has 0 spiro atoms. The molecule has 1 aromatic heterocycles. The van der Waals surface area contributed by atoms with E-state index in [1.54, 1.807) is 0 Å². The van der Waals surface area contributed by atoms with Gasteiger partial charge in [0.1, 0.15) is 11.3 Å². The number of hydrogen-bond donors (Lipinski definition) is 1. The Morgan fingerprint density at radius 3 is 2.35 bits per heavy atom. The third-order valence-corrected chi connectivity index (χ3v) is 3.77. The van der Waals surface area contributed by atoms with E-state index in [0.29, 0.717) is 5.92 Å². The highest BCUT2D eigenvalue weighted by Gasteiger charge is 2.24. The van der Waals surface area contributed by atoms with E-state index in [9.17, 15) is 0 Å². The van der Waals surface area contributed by atoms with Crippen molar-refractivity contribution in [2.75, 3.05) is 7.05 Å². The minimum absolute atomic E-state index is 0.0906. The van der Waals surface area contributed by atoms with E-state index in [2.05, 4.69) is 59.0 Å². The zero-order chi connectivity index (χ0) is 15.1. The summed E-state index contributed by atoms with van der Waals surface area (Å²) in [5, 5.41) is 4.51. The van der Waals surface area contributed by atoms with Crippen LogP contribution in [0.4, 0.5) is 0 Å². The standard InChI is InChI=1S/C18H27NO/c1-11(2)16-13-8-12(3)9-14(18(4,5)6)17(13)20-15(16)10-19-7/h8-9,11,19H,10H2,1-7H3. The number of benzene rings is 1. The summed E-state index contributed by atoms with van der Waals surface area (Å²) in [6, 6.07) is 4.53. The topological polar surface area (TPSA) is 25.2 Å². The lowest BCUT2D eigenvalue weighted by atomic mass is 9.84. The van der Waals surface area contributed by atoms with Crippen LogP contribution >= 0.6 is 0 Å². The molecular weight excluding hydrogens is 246 g/mol. The second-order valence-corrected chi connectivity index (χ2v) is 7.06. The Kier molecular flexibility index (Phi) is 3.97. The lowest BCUT2D eigenvalue weighted by molar-refractivity contribution is 0.505. The van der Waals surface area contributed by atoms with Crippen molar-refractivity contribution in [3.05, 3.63) is 34.6 Å². The van der Waals surface area contributed by atoms with Crippen LogP contribution in [0.2, 0.25) is 0 Å². The summed E-state index contributed by atoms with van der Waals surface area (Å²) in [6.45, 7) is 14.2. The highest BCUT2D eigenvalue weighted by molar-refractivity contribution is 5.87. The molecule has 2 aromatic rings. The molecule has 0 amide bonds. The fourth-order valence-electron chi connectivity index (χ4n) is 2.89. The van der Waals surface area contributed by atoms with E-state index >= 15 is 0 Å². The molecule has 1 N–H and O–H groups in total. The fourth-order valence-corrected chi connectivity index (χ4v) is 2.89. The molecule has 2 rings (SSSR count). The predicted octanol–water partition coefficient (Wildman–Crippen LogP) is 4.88. The van der Waals surface area contributed by atoms with Crippen LogP contribution in [-0.2, 0) is 12.0 Å². The van der Waals surface area contributed by atoms with Crippen LogP contribution in [0.3, 0.4) is 0 Å². The Hall–Kier alpha value is -1.28. The molecule has 0 bridgehead atoms. The maximum absolute atomic E-state index is 6.25. The van der Waals surface area contributed by atoms with Gasteiger partial charge < -0.3 is 9.73 Å². The summed E-state index contributed by atoms with van der Waals surface area (Å²) < 4.78 is 6.25. The Morgan fingerprint density at radius 2 is 1.85 bits per heavy atom. The van der Waals surface area contributed by atoms with Gasteiger partial charge in [-0.2, -0.15) is 0 Å². The quantitative estimate of drug-likeness (QED) is 0.862. The average Bonchev–Trinajstić information content (AvgIpc) is 2.64. The summed E-state index contributed by atoms with van der Waals surface area (Å²) in [5.74, 6) is 1.54. The van der Waals surface area contributed by atoms with Gasteiger partial charge in [-0.1, -0.05) is 40.7 Å². The summed E-state index contributed by atoms with van der Waals surface area (Å²) in [6.07, 6.45) is 0. The Balaban J connectivity index is 2.83. The molecule has 0 aliphatic rings. The minimum Gasteiger partial charge on any atom is -0.459 e. The minimum atomic E-state index is 0.0906. The Bertz CT molecular complexity index is 614. The molecule has 0 saturated heterocycles. The van der Waals surface area contributed by atoms with Gasteiger partial charge in [-0.3, -0.25) is 0 Å². The summed E-state index contributed by atoms with van der Waals surface area (Å²) in [7, 11) is 1.97. The smallest absolute Gasteiger partial charge is 0.138 e. The summed E-state index contributed by atoms with van der Waals surface area (Å²) in [4.78, 5) is 0. The molecule has 1 heterocycles. The molecule has 0 radical (unpaired) electrons. The number of furan rings is 1. The average molecular weight is 273 g/mol. The first-order valence-electron chi connectivity index (χ1n) is 7.46. The molecule has 2 nitrogen and oxygen atoms in total. The van der Waals surface area contributed by atoms with Crippen LogP contribution in [0, 0.1) is 6.92 Å². The van der Waals surface area contributed by atoms with Crippen molar-refractivity contribution < 1.29 is 4.42 Å². The molecule has 110 valence electrons. The van der Waals surface area contributed by atoms with E-state index < -0.39 is 0 Å². The van der Waals surface area contributed by atoms with Gasteiger partial charge in [0.05, 0.1) is 6.54 Å². The van der Waals surface area contributed by atoms with E-state index in [4.69, 9.17) is 4.42 Å². The molecule has 0 fully saturated rings. The number of nitrogens with one attached hydrogen (secondary N) is 1. The number of aryl methyl sites for hydroxylation is 1. The van der Waals surface area contributed by atoms with E-state index in [-0.39, 0.29) is 5.41 Å². The van der Waals surface area contributed by atoms with Crippen molar-refractivity contribution in [1.29, 1.82) is 0 Å². The Labute approximate surface area is 122 Å². The monoisotopic (exact) mass is 273 g/mol. The molecule has 20 heavy (non-hydrogen) atoms. The van der Waals surface area contributed by atoms with Gasteiger partial charge in [-0.15, -0.1) is 0 Å². The highest BCUT2D eigenvalue weighted by atomic mass is 16.3. The van der Waals surface area contributed by atoms with Gasteiger partial charge in [0.2, 0.25) is 0 Å². The van der Waals surface area contributed by atoms with Gasteiger partial charge in [-0.05, 0) is 36.9 Å². The van der Waals surface area contributed by atoms with Crippen molar-refractivity contribution in [2.24, 2.45) is 0 Å². The SMILES string of the molecule is CNCc1oc2c(C(C)(C)C)cc(C)cc2c1C(C)C. The molecule has 0 saturated carbocycles. The van der Waals surface area contributed by atoms with Crippen LogP contribution < -0.4 is 5.32 Å². The first-order valence-corrected chi connectivity index (χ1v) is 7.46. The third-order valence-electron chi connectivity index (χ3n) is 3.77. The Morgan fingerprint density at radius 1 is 1.20 bits per heavy atom. The normalized spacial score (nSPS) is 12.6. The van der Waals surface area contributed by atoms with Crippen molar-refractivity contribution in [3.63, 3.8) is 0 Å². The maximum atomic E-state index is 6.25. The largest absolute Gasteiger partial charge is 0.459 e. The second kappa shape index (κ2) is 5.25. The number of fused-ring (bicyclic) bond motifs is 1. The zero-order valence-electron chi connectivity index (χ0n) is 13.8. The van der Waals surface area contributed by atoms with Crippen molar-refractivity contribution in [3.8, 4) is 0 Å². The van der Waals surface area contributed by atoms with Crippen LogP contribution in [0.5, 0.6) is 0 Å². The lowest BCUT2D eigenvalue weighted by Crippen LogP contribution is -2.11. The first-order chi connectivity index (χ1) is 9.25. The predicted molar refractivity (Wildman–Crippen MR) is 86.5 cm³/mol. The second-order valence-electron chi connectivity index (χ2n) is 7.06. The molecule has 0 atom stereocenters. The maximum Gasteiger partial charge on any atom is 0.138 e. The number of hydrogen-bond acceptors (Lipinski definition) is 2. The summed E-state index contributed by atoms with van der Waals surface area (Å²) >= 11 is 0. The van der Waals surface area contributed by atoms with Gasteiger partial charge in [0.25, 0.3) is 0 Å². The molecule has 1 aromatic carbocycles. The zero-order valence-corrected chi connectivity index (χ0v) is 13.8. The van der Waals surface area contributed by atoms with Crippen molar-refractivity contribution in [1.82, 2.24) is 5.32 Å². The molecule has 2 heteroatoms. The van der Waals surface area contributed by atoms with Gasteiger partial charge in [0.15, 0.2) is 0 Å². The van der Waals surface area contributed by atoms with Crippen LogP contribution in [0.25, 0.3) is 11.0 Å². The van der Waals surface area contributed by atoms with Gasteiger partial charge >= 0.3 is 0 Å². The van der Waals surface area contributed by atoms with Gasteiger partial charge in [-0.25, -0.2) is 0 Å². The first kappa shape index (κ1) is 15.1. The molecule has 0 unspecified atom stereocenters. The molecular formula is C18H27NO. The van der Waals surface area contributed by atoms with Crippen LogP contribution in [0.1, 0.15) is 63.0 Å². The third kappa shape index (κ3) is 2.62. The van der Waals surface area contributed by atoms with Gasteiger partial charge in [0, 0.05) is 16.5 Å². The van der Waals surface area contributed by atoms with Crippen molar-refractivity contribution in [2.45, 2.75) is 59.4 Å². The van der Waals surface area contributed by atoms with E-state index in [1.807, 2.05) is 7.05 Å². The molecule has 0 aliphatic carbocycles. The van der Waals surface area contributed by atoms with E-state index in [1.165, 1.54) is 22.1 Å². The number of rotatable bonds is 3. The van der Waals surface area contributed by atoms with Crippen molar-refractivity contribution >= 4 is 11.0 Å². The summed E-state index contributed by atoms with van der Waals surface area (Å²) in [5.41, 5.74) is 5.12. The van der Waals surface area contributed by atoms with Crippen LogP contribution in [-0.4, -0.2) is 7.05 Å².